The minimum atomic E-state index is -0.504. The molecule has 7 heteroatoms. The van der Waals surface area contributed by atoms with E-state index in [1.54, 1.807) is 30.3 Å². The number of amides is 2. The highest BCUT2D eigenvalue weighted by atomic mass is 16.2. The van der Waals surface area contributed by atoms with E-state index in [4.69, 9.17) is 0 Å². The van der Waals surface area contributed by atoms with Gasteiger partial charge in [0.15, 0.2) is 0 Å². The zero-order valence-electron chi connectivity index (χ0n) is 13.7. The first-order chi connectivity index (χ1) is 11.5. The second kappa shape index (κ2) is 8.05. The van der Waals surface area contributed by atoms with Crippen molar-refractivity contribution in [1.29, 1.82) is 0 Å². The number of benzene rings is 1. The molecule has 2 N–H and O–H groups in total. The van der Waals surface area contributed by atoms with E-state index < -0.39 is 11.6 Å². The zero-order chi connectivity index (χ0) is 17.5. The van der Waals surface area contributed by atoms with Crippen molar-refractivity contribution in [3.63, 3.8) is 0 Å². The number of nitrogens with one attached hydrogen (secondary N) is 2. The lowest BCUT2D eigenvalue weighted by Crippen LogP contribution is -2.33. The molecule has 0 radical (unpaired) electrons. The average Bonchev–Trinajstić information content (AvgIpc) is 2.57. The fourth-order valence-corrected chi connectivity index (χ4v) is 2.05. The Kier molecular flexibility index (Phi) is 5.83. The number of carbonyl (C=O) groups excluding carboxylic acids is 2. The molecule has 2 amide bonds. The molecule has 2 rings (SSSR count). The maximum Gasteiger partial charge on any atom is 0.347 e. The smallest absolute Gasteiger partial charge is 0.347 e. The number of carbonyl (C=O) groups is 2. The third-order valence-corrected chi connectivity index (χ3v) is 3.53. The minimum absolute atomic E-state index is 0.0372. The Labute approximate surface area is 139 Å². The third kappa shape index (κ3) is 4.52. The van der Waals surface area contributed by atoms with Crippen molar-refractivity contribution < 1.29 is 9.59 Å². The molecule has 7 nitrogen and oxygen atoms in total. The number of rotatable bonds is 6. The third-order valence-electron chi connectivity index (χ3n) is 3.53. The van der Waals surface area contributed by atoms with Gasteiger partial charge in [-0.2, -0.15) is 0 Å². The highest BCUT2D eigenvalue weighted by molar-refractivity contribution is 6.03. The molecular formula is C17H20N4O3. The summed E-state index contributed by atoms with van der Waals surface area (Å²) in [7, 11) is 0. The van der Waals surface area contributed by atoms with Gasteiger partial charge in [-0.25, -0.2) is 9.78 Å². The summed E-state index contributed by atoms with van der Waals surface area (Å²) in [5.74, 6) is -0.660. The molecule has 1 atom stereocenters. The topological polar surface area (TPSA) is 93.1 Å². The molecule has 1 aromatic heterocycles. The van der Waals surface area contributed by atoms with Crippen LogP contribution in [-0.4, -0.2) is 27.4 Å². The van der Waals surface area contributed by atoms with Crippen LogP contribution >= 0.6 is 0 Å². The molecule has 0 bridgehead atoms. The minimum Gasteiger partial charge on any atom is -0.350 e. The van der Waals surface area contributed by atoms with Crippen molar-refractivity contribution in [3.05, 3.63) is 58.8 Å². The Morgan fingerprint density at radius 1 is 1.25 bits per heavy atom. The van der Waals surface area contributed by atoms with E-state index in [0.29, 0.717) is 11.3 Å². The van der Waals surface area contributed by atoms with E-state index in [1.165, 1.54) is 17.0 Å². The van der Waals surface area contributed by atoms with E-state index in [0.717, 1.165) is 6.42 Å². The normalized spacial score (nSPS) is 11.6. The molecule has 0 saturated heterocycles. The molecule has 24 heavy (non-hydrogen) atoms. The van der Waals surface area contributed by atoms with Gasteiger partial charge in [0.25, 0.3) is 5.91 Å². The van der Waals surface area contributed by atoms with Crippen molar-refractivity contribution in [2.24, 2.45) is 0 Å². The monoisotopic (exact) mass is 328 g/mol. The maximum absolute atomic E-state index is 12.3. The highest BCUT2D eigenvalue weighted by Gasteiger charge is 2.14. The zero-order valence-corrected chi connectivity index (χ0v) is 13.7. The van der Waals surface area contributed by atoms with Gasteiger partial charge in [-0.15, -0.1) is 0 Å². The van der Waals surface area contributed by atoms with Crippen LogP contribution in [-0.2, 0) is 11.3 Å². The number of anilines is 1. The van der Waals surface area contributed by atoms with Gasteiger partial charge in [-0.05, 0) is 31.5 Å². The number of para-hydroxylation sites is 1. The summed E-state index contributed by atoms with van der Waals surface area (Å²) in [6.45, 7) is 3.71. The van der Waals surface area contributed by atoms with Crippen LogP contribution in [0.3, 0.4) is 0 Å². The molecule has 2 aromatic rings. The van der Waals surface area contributed by atoms with Crippen LogP contribution in [0, 0.1) is 0 Å². The van der Waals surface area contributed by atoms with Crippen molar-refractivity contribution in [3.8, 4) is 0 Å². The molecule has 1 aromatic carbocycles. The van der Waals surface area contributed by atoms with Crippen LogP contribution < -0.4 is 16.3 Å². The van der Waals surface area contributed by atoms with E-state index in [1.807, 2.05) is 13.8 Å². The van der Waals surface area contributed by atoms with Gasteiger partial charge in [0, 0.05) is 18.4 Å². The largest absolute Gasteiger partial charge is 0.350 e. The van der Waals surface area contributed by atoms with Gasteiger partial charge in [0.1, 0.15) is 6.54 Å². The second-order valence-electron chi connectivity index (χ2n) is 5.41. The van der Waals surface area contributed by atoms with Crippen LogP contribution in [0.15, 0.2) is 47.5 Å². The van der Waals surface area contributed by atoms with E-state index >= 15 is 0 Å². The highest BCUT2D eigenvalue weighted by Crippen LogP contribution is 2.15. The molecular weight excluding hydrogens is 308 g/mol. The van der Waals surface area contributed by atoms with Gasteiger partial charge in [-0.1, -0.05) is 19.1 Å². The van der Waals surface area contributed by atoms with E-state index in [9.17, 15) is 14.4 Å². The van der Waals surface area contributed by atoms with Crippen LogP contribution in [0.2, 0.25) is 0 Å². The Morgan fingerprint density at radius 2 is 2.00 bits per heavy atom. The molecule has 0 aliphatic heterocycles. The van der Waals surface area contributed by atoms with Gasteiger partial charge in [0.05, 0.1) is 11.3 Å². The molecule has 126 valence electrons. The molecule has 0 aliphatic carbocycles. The number of hydrogen-bond donors (Lipinski definition) is 2. The van der Waals surface area contributed by atoms with Gasteiger partial charge in [0.2, 0.25) is 5.91 Å². The van der Waals surface area contributed by atoms with Gasteiger partial charge < -0.3 is 10.6 Å². The average molecular weight is 328 g/mol. The predicted molar refractivity (Wildman–Crippen MR) is 90.8 cm³/mol. The van der Waals surface area contributed by atoms with E-state index in [2.05, 4.69) is 15.6 Å². The number of nitrogens with zero attached hydrogens (tertiary/aromatic N) is 2. The van der Waals surface area contributed by atoms with Crippen LogP contribution in [0.25, 0.3) is 0 Å². The molecule has 1 unspecified atom stereocenters. The number of aromatic nitrogens is 2. The van der Waals surface area contributed by atoms with Crippen molar-refractivity contribution in [1.82, 2.24) is 14.9 Å². The van der Waals surface area contributed by atoms with Crippen molar-refractivity contribution in [2.75, 3.05) is 5.32 Å². The van der Waals surface area contributed by atoms with Gasteiger partial charge >= 0.3 is 5.69 Å². The van der Waals surface area contributed by atoms with E-state index in [-0.39, 0.29) is 18.5 Å². The van der Waals surface area contributed by atoms with Crippen LogP contribution in [0.1, 0.15) is 30.6 Å². The van der Waals surface area contributed by atoms with Crippen LogP contribution in [0.4, 0.5) is 5.69 Å². The SMILES string of the molecule is CCC(C)NC(=O)c1ccccc1NC(=O)Cn1cccnc1=O. The first-order valence-electron chi connectivity index (χ1n) is 7.72. The molecule has 0 fully saturated rings. The predicted octanol–water partition coefficient (Wildman–Crippen LogP) is 1.41. The fraction of sp³-hybridized carbons (Fsp3) is 0.294. The van der Waals surface area contributed by atoms with Gasteiger partial charge in [-0.3, -0.25) is 14.2 Å². The summed E-state index contributed by atoms with van der Waals surface area (Å²) >= 11 is 0. The molecule has 0 spiro atoms. The quantitative estimate of drug-likeness (QED) is 0.838. The first kappa shape index (κ1) is 17.4. The first-order valence-corrected chi connectivity index (χ1v) is 7.72. The summed E-state index contributed by atoms with van der Waals surface area (Å²) in [5.41, 5.74) is 0.278. The van der Waals surface area contributed by atoms with Crippen molar-refractivity contribution >= 4 is 17.5 Å². The lowest BCUT2D eigenvalue weighted by molar-refractivity contribution is -0.116. The maximum atomic E-state index is 12.3. The van der Waals surface area contributed by atoms with Crippen LogP contribution in [0.5, 0.6) is 0 Å². The number of hydrogen-bond acceptors (Lipinski definition) is 4. The molecule has 0 saturated carbocycles. The lowest BCUT2D eigenvalue weighted by Gasteiger charge is -2.14. The Hall–Kier alpha value is -2.96. The van der Waals surface area contributed by atoms with Crippen molar-refractivity contribution in [2.45, 2.75) is 32.9 Å². The lowest BCUT2D eigenvalue weighted by atomic mass is 10.1. The Balaban J connectivity index is 2.12. The Bertz CT molecular complexity index is 785. The fourth-order valence-electron chi connectivity index (χ4n) is 2.05. The summed E-state index contributed by atoms with van der Waals surface area (Å²) in [5, 5.41) is 5.53. The standard InChI is InChI=1S/C17H20N4O3/c1-3-12(2)19-16(23)13-7-4-5-8-14(13)20-15(22)11-21-10-6-9-18-17(21)24/h4-10,12H,3,11H2,1-2H3,(H,19,23)(H,20,22). The summed E-state index contributed by atoms with van der Waals surface area (Å²) < 4.78 is 1.19. The summed E-state index contributed by atoms with van der Waals surface area (Å²) in [4.78, 5) is 39.6. The summed E-state index contributed by atoms with van der Waals surface area (Å²) in [6, 6.07) is 8.36. The molecule has 0 aliphatic rings. The summed E-state index contributed by atoms with van der Waals surface area (Å²) in [6.07, 6.45) is 3.66. The Morgan fingerprint density at radius 3 is 2.71 bits per heavy atom. The second-order valence-corrected chi connectivity index (χ2v) is 5.41. The molecule has 1 heterocycles.